The quantitative estimate of drug-likeness (QED) is 0.253. The van der Waals surface area contributed by atoms with Gasteiger partial charge in [0, 0.05) is 63.7 Å². The molecule has 6 aromatic rings. The summed E-state index contributed by atoms with van der Waals surface area (Å²) in [7, 11) is 0. The molecule has 1 fully saturated rings. The second kappa shape index (κ2) is 8.82. The molecular weight excluding hydrogens is 502 g/mol. The summed E-state index contributed by atoms with van der Waals surface area (Å²) in [4.78, 5) is 17.1. The van der Waals surface area contributed by atoms with E-state index in [9.17, 15) is 8.78 Å². The number of aromatic nitrogens is 5. The molecule has 1 aliphatic rings. The zero-order valence-electron chi connectivity index (χ0n) is 20.6. The van der Waals surface area contributed by atoms with Crippen molar-refractivity contribution in [1.29, 1.82) is 0 Å². The normalized spacial score (nSPS) is 15.7. The Balaban J connectivity index is 1.24. The largest absolute Gasteiger partial charge is 0.353 e. The Hall–Kier alpha value is -3.95. The first-order valence-electron chi connectivity index (χ1n) is 12.5. The van der Waals surface area contributed by atoms with E-state index in [1.807, 2.05) is 18.2 Å². The first-order chi connectivity index (χ1) is 18.4. The molecule has 0 amide bonds. The van der Waals surface area contributed by atoms with E-state index in [2.05, 4.69) is 63.5 Å². The Bertz CT molecular complexity index is 1800. The molecule has 1 aliphatic heterocycles. The monoisotopic (exact) mass is 526 g/mol. The number of aryl methyl sites for hydroxylation is 1. The third-order valence-electron chi connectivity index (χ3n) is 7.08. The maximum atomic E-state index is 13.6. The number of H-pyrrole nitrogens is 2. The van der Waals surface area contributed by atoms with Crippen LogP contribution in [0, 0.1) is 6.92 Å². The minimum absolute atomic E-state index is 0.0934. The molecule has 0 aliphatic carbocycles. The summed E-state index contributed by atoms with van der Waals surface area (Å²) in [6, 6.07) is 18.6. The van der Waals surface area contributed by atoms with Crippen LogP contribution in [0.1, 0.15) is 16.9 Å². The van der Waals surface area contributed by atoms with E-state index >= 15 is 0 Å². The Labute approximate surface area is 221 Å². The minimum Gasteiger partial charge on any atom is -0.353 e. The topological polar surface area (TPSA) is 73.5 Å². The lowest BCUT2D eigenvalue weighted by atomic mass is 10.1. The van der Waals surface area contributed by atoms with Gasteiger partial charge < -0.3 is 4.98 Å². The van der Waals surface area contributed by atoms with Crippen molar-refractivity contribution in [1.82, 2.24) is 30.0 Å². The van der Waals surface area contributed by atoms with Crippen LogP contribution >= 0.6 is 11.3 Å². The number of thiophene rings is 1. The average molecular weight is 527 g/mol. The Kier molecular flexibility index (Phi) is 5.38. The maximum absolute atomic E-state index is 13.6. The molecule has 190 valence electrons. The van der Waals surface area contributed by atoms with Gasteiger partial charge in [-0.3, -0.25) is 15.0 Å². The van der Waals surface area contributed by atoms with Crippen molar-refractivity contribution in [2.24, 2.45) is 0 Å². The molecule has 38 heavy (non-hydrogen) atoms. The highest BCUT2D eigenvalue weighted by molar-refractivity contribution is 7.15. The van der Waals surface area contributed by atoms with Gasteiger partial charge in [0.1, 0.15) is 11.2 Å². The number of nitrogens with zero attached hydrogens (tertiary/aromatic N) is 4. The number of hydrogen-bond acceptors (Lipinski definition) is 5. The number of alkyl halides is 2. The summed E-state index contributed by atoms with van der Waals surface area (Å²) in [5, 5.41) is 8.83. The van der Waals surface area contributed by atoms with Crippen molar-refractivity contribution in [2.45, 2.75) is 25.8 Å². The van der Waals surface area contributed by atoms with Crippen molar-refractivity contribution >= 4 is 33.3 Å². The average Bonchev–Trinajstić information content (AvgIpc) is 3.69. The number of benzene rings is 1. The number of fused-ring (bicyclic) bond motifs is 2. The lowest BCUT2D eigenvalue weighted by Crippen LogP contribution is -2.24. The molecule has 0 spiro atoms. The molecule has 6 nitrogen and oxygen atoms in total. The predicted molar refractivity (Wildman–Crippen MR) is 147 cm³/mol. The Morgan fingerprint density at radius 3 is 2.79 bits per heavy atom. The molecule has 9 heteroatoms. The fraction of sp³-hybridized carbons (Fsp3) is 0.207. The molecule has 6 heterocycles. The molecule has 0 atom stereocenters. The summed E-state index contributed by atoms with van der Waals surface area (Å²) in [5.41, 5.74) is 7.94. The van der Waals surface area contributed by atoms with Crippen LogP contribution in [-0.2, 0) is 6.54 Å². The minimum atomic E-state index is -2.61. The zero-order valence-corrected chi connectivity index (χ0v) is 21.4. The van der Waals surface area contributed by atoms with Gasteiger partial charge in [-0.25, -0.2) is 13.8 Å². The smallest absolute Gasteiger partial charge is 0.261 e. The van der Waals surface area contributed by atoms with Gasteiger partial charge in [0.05, 0.1) is 23.4 Å². The first-order valence-corrected chi connectivity index (χ1v) is 13.3. The maximum Gasteiger partial charge on any atom is 0.261 e. The number of halogens is 2. The molecular formula is C29H24F2N6S. The van der Waals surface area contributed by atoms with Crippen LogP contribution in [0.4, 0.5) is 8.78 Å². The van der Waals surface area contributed by atoms with Crippen LogP contribution < -0.4 is 0 Å². The summed E-state index contributed by atoms with van der Waals surface area (Å²) in [5.74, 6) is -2.61. The van der Waals surface area contributed by atoms with Crippen LogP contribution in [0.2, 0.25) is 0 Å². The van der Waals surface area contributed by atoms with Crippen LogP contribution in [0.3, 0.4) is 0 Å². The number of rotatable bonds is 5. The van der Waals surface area contributed by atoms with Gasteiger partial charge in [0.15, 0.2) is 0 Å². The third kappa shape index (κ3) is 4.17. The summed E-state index contributed by atoms with van der Waals surface area (Å²) < 4.78 is 27.3. The molecule has 7 rings (SSSR count). The van der Waals surface area contributed by atoms with Gasteiger partial charge in [0.25, 0.3) is 5.92 Å². The first kappa shape index (κ1) is 23.2. The zero-order chi connectivity index (χ0) is 25.9. The second-order valence-electron chi connectivity index (χ2n) is 9.92. The number of aromatic amines is 2. The highest BCUT2D eigenvalue weighted by atomic mass is 32.1. The fourth-order valence-electron chi connectivity index (χ4n) is 5.24. The van der Waals surface area contributed by atoms with E-state index in [1.54, 1.807) is 28.6 Å². The van der Waals surface area contributed by atoms with Crippen LogP contribution in [0.15, 0.2) is 67.0 Å². The highest BCUT2D eigenvalue weighted by Gasteiger charge is 2.37. The Morgan fingerprint density at radius 1 is 1.05 bits per heavy atom. The SMILES string of the molecule is Cc1ccc(-c2cccc3[nH]c(-c4n[nH]c5ccc(-c6cncc(CN7CCC(F)(F)C7)c6)nc45)cc23)s1. The third-order valence-corrected chi connectivity index (χ3v) is 8.11. The lowest BCUT2D eigenvalue weighted by molar-refractivity contribution is 0.0115. The second-order valence-corrected chi connectivity index (χ2v) is 11.2. The molecule has 0 bridgehead atoms. The summed E-state index contributed by atoms with van der Waals surface area (Å²) in [6.45, 7) is 2.74. The summed E-state index contributed by atoms with van der Waals surface area (Å²) >= 11 is 1.78. The van der Waals surface area contributed by atoms with Gasteiger partial charge in [-0.2, -0.15) is 5.10 Å². The number of pyridine rings is 2. The molecule has 0 unspecified atom stereocenters. The molecule has 1 saturated heterocycles. The molecule has 5 aromatic heterocycles. The van der Waals surface area contributed by atoms with Crippen molar-refractivity contribution in [3.63, 3.8) is 0 Å². The number of hydrogen-bond donors (Lipinski definition) is 2. The van der Waals surface area contributed by atoms with E-state index in [1.165, 1.54) is 15.3 Å². The lowest BCUT2D eigenvalue weighted by Gasteiger charge is -2.15. The van der Waals surface area contributed by atoms with E-state index in [4.69, 9.17) is 4.98 Å². The molecule has 2 N–H and O–H groups in total. The number of likely N-dealkylation sites (tertiary alicyclic amines) is 1. The molecule has 0 saturated carbocycles. The summed E-state index contributed by atoms with van der Waals surface area (Å²) in [6.07, 6.45) is 3.40. The van der Waals surface area contributed by atoms with Crippen molar-refractivity contribution in [3.05, 3.63) is 77.4 Å². The van der Waals surface area contributed by atoms with Gasteiger partial charge >= 0.3 is 0 Å². The van der Waals surface area contributed by atoms with Crippen LogP contribution in [0.5, 0.6) is 0 Å². The van der Waals surface area contributed by atoms with Crippen LogP contribution in [-0.4, -0.2) is 49.1 Å². The van der Waals surface area contributed by atoms with E-state index in [0.717, 1.165) is 50.1 Å². The van der Waals surface area contributed by atoms with Gasteiger partial charge in [0.2, 0.25) is 0 Å². The number of nitrogens with one attached hydrogen (secondary N) is 2. The standard InChI is InChI=1S/C29H24F2N6S/c1-17-5-8-26(38-17)20-3-2-4-23-21(20)12-25(33-23)28-27-24(35-36-28)7-6-22(34-27)19-11-18(13-32-14-19)15-37-10-9-29(30,31)16-37/h2-8,11-14,33H,9-10,15-16H2,1H3,(H,35,36). The van der Waals surface area contributed by atoms with Crippen molar-refractivity contribution < 1.29 is 8.78 Å². The van der Waals surface area contributed by atoms with Crippen molar-refractivity contribution in [3.8, 4) is 33.1 Å². The molecule has 0 radical (unpaired) electrons. The van der Waals surface area contributed by atoms with E-state index in [0.29, 0.717) is 13.1 Å². The fourth-order valence-corrected chi connectivity index (χ4v) is 6.15. The van der Waals surface area contributed by atoms with E-state index < -0.39 is 5.92 Å². The molecule has 1 aromatic carbocycles. The van der Waals surface area contributed by atoms with Gasteiger partial charge in [-0.05, 0) is 55.0 Å². The predicted octanol–water partition coefficient (Wildman–Crippen LogP) is 7.05. The Morgan fingerprint density at radius 2 is 1.97 bits per heavy atom. The van der Waals surface area contributed by atoms with Gasteiger partial charge in [-0.1, -0.05) is 12.1 Å². The van der Waals surface area contributed by atoms with Crippen LogP contribution in [0.25, 0.3) is 55.0 Å². The highest BCUT2D eigenvalue weighted by Crippen LogP contribution is 2.37. The van der Waals surface area contributed by atoms with E-state index in [-0.39, 0.29) is 13.0 Å². The van der Waals surface area contributed by atoms with Crippen molar-refractivity contribution in [2.75, 3.05) is 13.1 Å². The van der Waals surface area contributed by atoms with Gasteiger partial charge in [-0.15, -0.1) is 11.3 Å².